The third-order valence-electron chi connectivity index (χ3n) is 8.71. The summed E-state index contributed by atoms with van der Waals surface area (Å²) >= 11 is 8.95. The Morgan fingerprint density at radius 1 is 0.833 bits per heavy atom. The quantitative estimate of drug-likeness (QED) is 0.0403. The van der Waals surface area contributed by atoms with Gasteiger partial charge in [-0.25, -0.2) is 0 Å². The van der Waals surface area contributed by atoms with Gasteiger partial charge < -0.3 is 19.3 Å². The summed E-state index contributed by atoms with van der Waals surface area (Å²) < 4.78 is 18.4. The molecule has 1 aliphatic heterocycles. The van der Waals surface area contributed by atoms with Gasteiger partial charge in [-0.1, -0.05) is 119 Å². The molecule has 12 heteroatoms. The number of nitrogens with zero attached hydrogens (tertiary/aromatic N) is 3. The molecule has 5 aromatic carbocycles. The lowest BCUT2D eigenvalue weighted by atomic mass is 9.95. The fourth-order valence-corrected chi connectivity index (χ4v) is 8.15. The highest BCUT2D eigenvalue weighted by Crippen LogP contribution is 2.46. The minimum Gasteiger partial charge on any atom is -0.507 e. The molecule has 0 aliphatic carbocycles. The third kappa shape index (κ3) is 8.13. The molecule has 1 amide bonds. The van der Waals surface area contributed by atoms with Crippen LogP contribution in [0.1, 0.15) is 39.4 Å². The van der Waals surface area contributed by atoms with Crippen molar-refractivity contribution in [2.45, 2.75) is 36.3 Å². The predicted molar refractivity (Wildman–Crippen MR) is 211 cm³/mol. The number of hydrogen-bond acceptors (Lipinski definition) is 10. The summed E-state index contributed by atoms with van der Waals surface area (Å²) in [5.41, 5.74) is 4.79. The third-order valence-corrected chi connectivity index (χ3v) is 11.2. The lowest BCUT2D eigenvalue weighted by Crippen LogP contribution is -2.29. The molecule has 2 heterocycles. The minimum absolute atomic E-state index is 0.103. The molecule has 1 aromatic heterocycles. The van der Waals surface area contributed by atoms with Crippen LogP contribution in [0.4, 0.5) is 5.13 Å². The number of halogens is 1. The van der Waals surface area contributed by atoms with Crippen LogP contribution in [0.3, 0.4) is 0 Å². The van der Waals surface area contributed by atoms with E-state index in [4.69, 9.17) is 25.8 Å². The van der Waals surface area contributed by atoms with Crippen molar-refractivity contribution >= 4 is 57.3 Å². The number of thioether (sulfide) groups is 1. The number of ether oxygens (including phenoxy) is 3. The zero-order chi connectivity index (χ0) is 37.6. The number of aryl methyl sites for hydroxylation is 1. The number of anilines is 1. The molecule has 0 radical (unpaired) electrons. The zero-order valence-corrected chi connectivity index (χ0v) is 31.7. The van der Waals surface area contributed by atoms with E-state index < -0.39 is 17.7 Å². The van der Waals surface area contributed by atoms with Crippen molar-refractivity contribution in [1.82, 2.24) is 10.2 Å². The van der Waals surface area contributed by atoms with E-state index in [-0.39, 0.29) is 16.5 Å². The Bertz CT molecular complexity index is 2330. The molecule has 0 saturated carbocycles. The van der Waals surface area contributed by atoms with Gasteiger partial charge in [0.2, 0.25) is 5.13 Å². The summed E-state index contributed by atoms with van der Waals surface area (Å²) in [6, 6.07) is 36.1. The summed E-state index contributed by atoms with van der Waals surface area (Å²) in [5, 5.41) is 21.3. The SMILES string of the molecule is COc1cc(C2/C(=C(\O)c3ccc(OCc4cccc(C)c4)cc3)C(=O)C(=O)N2c2nnc(SCc3ccccc3Cl)s2)ccc1OCc1ccccc1. The summed E-state index contributed by atoms with van der Waals surface area (Å²) in [5.74, 6) is -0.0789. The number of benzene rings is 5. The van der Waals surface area contributed by atoms with Crippen LogP contribution in [-0.4, -0.2) is 34.1 Å². The number of aromatic nitrogens is 2. The zero-order valence-electron chi connectivity index (χ0n) is 29.3. The highest BCUT2D eigenvalue weighted by Gasteiger charge is 2.48. The Morgan fingerprint density at radius 3 is 2.33 bits per heavy atom. The number of ketones is 1. The molecule has 0 spiro atoms. The minimum atomic E-state index is -1.06. The number of aliphatic hydroxyl groups is 1. The Morgan fingerprint density at radius 2 is 1.57 bits per heavy atom. The second kappa shape index (κ2) is 16.6. The number of rotatable bonds is 13. The molecule has 1 fully saturated rings. The van der Waals surface area contributed by atoms with Crippen molar-refractivity contribution in [1.29, 1.82) is 0 Å². The van der Waals surface area contributed by atoms with E-state index in [1.165, 1.54) is 35.1 Å². The lowest BCUT2D eigenvalue weighted by Gasteiger charge is -2.23. The van der Waals surface area contributed by atoms with Gasteiger partial charge in [0.15, 0.2) is 15.8 Å². The van der Waals surface area contributed by atoms with E-state index in [1.54, 1.807) is 42.5 Å². The molecule has 1 atom stereocenters. The van der Waals surface area contributed by atoms with Crippen LogP contribution in [0, 0.1) is 6.92 Å². The second-order valence-corrected chi connectivity index (χ2v) is 15.0. The van der Waals surface area contributed by atoms with Crippen LogP contribution in [0.2, 0.25) is 5.02 Å². The molecule has 54 heavy (non-hydrogen) atoms. The van der Waals surface area contributed by atoms with Gasteiger partial charge in [-0.05, 0) is 71.6 Å². The van der Waals surface area contributed by atoms with Crippen molar-refractivity contribution in [3.05, 3.63) is 165 Å². The van der Waals surface area contributed by atoms with Crippen molar-refractivity contribution in [3.63, 3.8) is 0 Å². The number of carbonyl (C=O) groups excluding carboxylic acids is 2. The van der Waals surface area contributed by atoms with Crippen molar-refractivity contribution in [2.24, 2.45) is 0 Å². The van der Waals surface area contributed by atoms with Gasteiger partial charge >= 0.3 is 5.91 Å². The van der Waals surface area contributed by atoms with E-state index in [2.05, 4.69) is 16.3 Å². The summed E-state index contributed by atoms with van der Waals surface area (Å²) in [7, 11) is 1.52. The van der Waals surface area contributed by atoms with Gasteiger partial charge in [-0.15, -0.1) is 10.2 Å². The summed E-state index contributed by atoms with van der Waals surface area (Å²) in [6.07, 6.45) is 0. The molecular weight excluding hydrogens is 742 g/mol. The van der Waals surface area contributed by atoms with Crippen LogP contribution in [-0.2, 0) is 28.6 Å². The predicted octanol–water partition coefficient (Wildman–Crippen LogP) is 9.59. The fraction of sp³-hybridized carbons (Fsp3) is 0.143. The Balaban J connectivity index is 1.22. The van der Waals surface area contributed by atoms with Crippen LogP contribution >= 0.6 is 34.7 Å². The second-order valence-electron chi connectivity index (χ2n) is 12.4. The van der Waals surface area contributed by atoms with E-state index in [0.29, 0.717) is 56.7 Å². The molecular formula is C42H34ClN3O6S2. The fourth-order valence-electron chi connectivity index (χ4n) is 6.00. The Kier molecular flexibility index (Phi) is 11.3. The van der Waals surface area contributed by atoms with E-state index in [0.717, 1.165) is 22.3 Å². The first-order valence-corrected chi connectivity index (χ1v) is 19.1. The Labute approximate surface area is 325 Å². The van der Waals surface area contributed by atoms with Crippen molar-refractivity contribution < 1.29 is 28.9 Å². The highest BCUT2D eigenvalue weighted by molar-refractivity contribution is 8.00. The molecule has 9 nitrogen and oxygen atoms in total. The Hall–Kier alpha value is -5.62. The van der Waals surface area contributed by atoms with Gasteiger partial charge in [-0.2, -0.15) is 0 Å². The highest BCUT2D eigenvalue weighted by atomic mass is 35.5. The topological polar surface area (TPSA) is 111 Å². The molecule has 0 bridgehead atoms. The molecule has 6 aromatic rings. The molecule has 7 rings (SSSR count). The van der Waals surface area contributed by atoms with Crippen molar-refractivity contribution in [3.8, 4) is 17.2 Å². The van der Waals surface area contributed by atoms with Gasteiger partial charge in [0, 0.05) is 16.3 Å². The van der Waals surface area contributed by atoms with Crippen LogP contribution < -0.4 is 19.1 Å². The van der Waals surface area contributed by atoms with E-state index in [9.17, 15) is 14.7 Å². The maximum atomic E-state index is 13.9. The van der Waals surface area contributed by atoms with E-state index in [1.807, 2.05) is 79.7 Å². The number of carbonyl (C=O) groups is 2. The van der Waals surface area contributed by atoms with Gasteiger partial charge in [-0.3, -0.25) is 14.5 Å². The van der Waals surface area contributed by atoms with Crippen LogP contribution in [0.25, 0.3) is 5.76 Å². The summed E-state index contributed by atoms with van der Waals surface area (Å²) in [6.45, 7) is 2.69. The van der Waals surface area contributed by atoms with Crippen LogP contribution in [0.15, 0.2) is 131 Å². The molecule has 1 aliphatic rings. The van der Waals surface area contributed by atoms with E-state index >= 15 is 0 Å². The first-order valence-electron chi connectivity index (χ1n) is 16.9. The number of aliphatic hydroxyl groups excluding tert-OH is 1. The maximum Gasteiger partial charge on any atom is 0.301 e. The number of Topliss-reactive ketones (excluding diaryl/α,β-unsaturated/α-hetero) is 1. The number of methoxy groups -OCH3 is 1. The largest absolute Gasteiger partial charge is 0.507 e. The van der Waals surface area contributed by atoms with Crippen molar-refractivity contribution in [2.75, 3.05) is 12.0 Å². The molecule has 1 N–H and O–H groups in total. The lowest BCUT2D eigenvalue weighted by molar-refractivity contribution is -0.132. The van der Waals surface area contributed by atoms with Gasteiger partial charge in [0.05, 0.1) is 18.7 Å². The number of amides is 1. The molecule has 1 unspecified atom stereocenters. The maximum absolute atomic E-state index is 13.9. The molecule has 272 valence electrons. The van der Waals surface area contributed by atoms with Gasteiger partial charge in [0.1, 0.15) is 24.7 Å². The average Bonchev–Trinajstić information content (AvgIpc) is 3.77. The first-order chi connectivity index (χ1) is 26.3. The van der Waals surface area contributed by atoms with Crippen LogP contribution in [0.5, 0.6) is 17.2 Å². The number of hydrogen-bond donors (Lipinski definition) is 1. The molecule has 1 saturated heterocycles. The average molecular weight is 776 g/mol. The van der Waals surface area contributed by atoms with Gasteiger partial charge in [0.25, 0.3) is 5.78 Å². The summed E-state index contributed by atoms with van der Waals surface area (Å²) in [4.78, 5) is 29.1. The monoisotopic (exact) mass is 775 g/mol. The normalized spacial score (nSPS) is 15.0. The standard InChI is InChI=1S/C42H34ClN3O6S2/c1-26-9-8-12-28(21-26)24-51-32-18-15-29(16-19-32)38(47)36-37(30-17-20-34(35(22-30)50-2)52-23-27-10-4-3-5-11-27)46(40(49)39(36)48)41-44-45-42(54-41)53-25-31-13-6-7-14-33(31)43/h3-22,37,47H,23-25H2,1-2H3/b38-36+. The first kappa shape index (κ1) is 36.7. The smallest absolute Gasteiger partial charge is 0.301 e.